The van der Waals surface area contributed by atoms with Crippen LogP contribution in [0.4, 0.5) is 10.1 Å². The Hall–Kier alpha value is -2.41. The number of halogens is 2. The number of rotatable bonds is 3. The van der Waals surface area contributed by atoms with Gasteiger partial charge < -0.3 is 14.4 Å². The van der Waals surface area contributed by atoms with E-state index in [1.807, 2.05) is 4.90 Å². The van der Waals surface area contributed by atoms with Gasteiger partial charge in [0.15, 0.2) is 5.82 Å². The summed E-state index contributed by atoms with van der Waals surface area (Å²) in [5, 5.41) is 4.67. The minimum absolute atomic E-state index is 0.0845. The van der Waals surface area contributed by atoms with E-state index >= 15 is 0 Å². The van der Waals surface area contributed by atoms with Crippen molar-refractivity contribution in [3.05, 3.63) is 47.4 Å². The molecule has 0 bridgehead atoms. The zero-order chi connectivity index (χ0) is 16.5. The lowest BCUT2D eigenvalue weighted by Gasteiger charge is -2.32. The summed E-state index contributed by atoms with van der Waals surface area (Å²) in [6, 6.07) is 5.22. The zero-order valence-corrected chi connectivity index (χ0v) is 13.5. The fourth-order valence-corrected chi connectivity index (χ4v) is 3.19. The maximum absolute atomic E-state index is 13.9. The molecule has 1 atom stereocenters. The Kier molecular flexibility index (Phi) is 3.93. The van der Waals surface area contributed by atoms with E-state index < -0.39 is 5.95 Å². The maximum atomic E-state index is 13.9. The van der Waals surface area contributed by atoms with Gasteiger partial charge in [0.1, 0.15) is 5.69 Å². The fourth-order valence-electron chi connectivity index (χ4n) is 3.02. The molecule has 124 valence electrons. The van der Waals surface area contributed by atoms with Crippen LogP contribution in [-0.4, -0.2) is 33.2 Å². The molecule has 24 heavy (non-hydrogen) atoms. The number of nitrogens with one attached hydrogen (secondary N) is 1. The number of hydrogen-bond donors (Lipinski definition) is 1. The van der Waals surface area contributed by atoms with Gasteiger partial charge >= 0.3 is 0 Å². The van der Waals surface area contributed by atoms with Crippen LogP contribution in [0.15, 0.2) is 35.1 Å². The van der Waals surface area contributed by atoms with Gasteiger partial charge in [-0.15, -0.1) is 0 Å². The van der Waals surface area contributed by atoms with E-state index in [2.05, 4.69) is 20.1 Å². The standard InChI is InChI=1S/C16H15ClFN5O/c17-11-7-12(20-8-11)16-21-15(22-24-16)10-3-2-6-23(9-10)13-4-1-5-19-14(13)18/h1,4-5,7-8,10,20H,2-3,6,9H2/t10-/m0/s1. The topological polar surface area (TPSA) is 70.8 Å². The van der Waals surface area contributed by atoms with E-state index in [0.717, 1.165) is 19.4 Å². The molecule has 6 nitrogen and oxygen atoms in total. The number of H-pyrrole nitrogens is 1. The summed E-state index contributed by atoms with van der Waals surface area (Å²) in [7, 11) is 0. The molecule has 1 aliphatic heterocycles. The van der Waals surface area contributed by atoms with Crippen molar-refractivity contribution >= 4 is 17.3 Å². The van der Waals surface area contributed by atoms with Crippen molar-refractivity contribution in [2.75, 3.05) is 18.0 Å². The third-order valence-corrected chi connectivity index (χ3v) is 4.40. The van der Waals surface area contributed by atoms with Crippen molar-refractivity contribution in [2.45, 2.75) is 18.8 Å². The number of aromatic nitrogens is 4. The van der Waals surface area contributed by atoms with Crippen LogP contribution in [0, 0.1) is 5.95 Å². The van der Waals surface area contributed by atoms with Crippen LogP contribution >= 0.6 is 11.6 Å². The first kappa shape index (κ1) is 15.1. The van der Waals surface area contributed by atoms with Crippen LogP contribution in [0.3, 0.4) is 0 Å². The monoisotopic (exact) mass is 347 g/mol. The van der Waals surface area contributed by atoms with E-state index in [-0.39, 0.29) is 5.92 Å². The second kappa shape index (κ2) is 6.24. The lowest BCUT2D eigenvalue weighted by atomic mass is 9.97. The SMILES string of the molecule is Fc1ncccc1N1CCC[C@H](c2noc(-c3cc(Cl)c[nH]3)n2)C1. The highest BCUT2D eigenvalue weighted by Gasteiger charge is 2.27. The summed E-state index contributed by atoms with van der Waals surface area (Å²) in [5.74, 6) is 0.667. The van der Waals surface area contributed by atoms with Gasteiger partial charge in [-0.25, -0.2) is 4.98 Å². The number of pyridine rings is 1. The summed E-state index contributed by atoms with van der Waals surface area (Å²) >= 11 is 5.90. The van der Waals surface area contributed by atoms with Crippen LogP contribution < -0.4 is 4.90 Å². The molecule has 0 spiro atoms. The van der Waals surface area contributed by atoms with Gasteiger partial charge in [0.25, 0.3) is 5.89 Å². The van der Waals surface area contributed by atoms with Crippen molar-refractivity contribution in [3.8, 4) is 11.6 Å². The molecular weight excluding hydrogens is 333 g/mol. The molecule has 0 aromatic carbocycles. The second-order valence-electron chi connectivity index (χ2n) is 5.79. The van der Waals surface area contributed by atoms with Crippen LogP contribution in [-0.2, 0) is 0 Å². The molecule has 1 saturated heterocycles. The van der Waals surface area contributed by atoms with E-state index in [4.69, 9.17) is 16.1 Å². The van der Waals surface area contributed by atoms with Crippen LogP contribution in [0.1, 0.15) is 24.6 Å². The molecule has 1 aliphatic rings. The van der Waals surface area contributed by atoms with Crippen molar-refractivity contribution in [3.63, 3.8) is 0 Å². The Morgan fingerprint density at radius 3 is 3.12 bits per heavy atom. The first-order valence-corrected chi connectivity index (χ1v) is 8.12. The van der Waals surface area contributed by atoms with Crippen LogP contribution in [0.2, 0.25) is 5.02 Å². The van der Waals surface area contributed by atoms with Crippen molar-refractivity contribution in [1.29, 1.82) is 0 Å². The summed E-state index contributed by atoms with van der Waals surface area (Å²) in [6.07, 6.45) is 4.97. The molecular formula is C16H15ClFN5O. The van der Waals surface area contributed by atoms with E-state index in [1.54, 1.807) is 24.4 Å². The van der Waals surface area contributed by atoms with Crippen LogP contribution in [0.5, 0.6) is 0 Å². The van der Waals surface area contributed by atoms with Crippen molar-refractivity contribution < 1.29 is 8.91 Å². The molecule has 0 unspecified atom stereocenters. The molecule has 4 heterocycles. The Morgan fingerprint density at radius 1 is 1.42 bits per heavy atom. The normalized spacial score (nSPS) is 18.1. The Morgan fingerprint density at radius 2 is 2.33 bits per heavy atom. The fraction of sp³-hybridized carbons (Fsp3) is 0.312. The van der Waals surface area contributed by atoms with Gasteiger partial charge in [0.2, 0.25) is 5.95 Å². The van der Waals surface area contributed by atoms with Gasteiger partial charge in [-0.1, -0.05) is 16.8 Å². The van der Waals surface area contributed by atoms with E-state index in [9.17, 15) is 4.39 Å². The molecule has 0 radical (unpaired) electrons. The van der Waals surface area contributed by atoms with E-state index in [0.29, 0.717) is 34.7 Å². The molecule has 1 N–H and O–H groups in total. The minimum atomic E-state index is -0.451. The highest BCUT2D eigenvalue weighted by Crippen LogP contribution is 2.30. The zero-order valence-electron chi connectivity index (χ0n) is 12.7. The summed E-state index contributed by atoms with van der Waals surface area (Å²) in [5.41, 5.74) is 1.20. The molecule has 3 aromatic rings. The summed E-state index contributed by atoms with van der Waals surface area (Å²) in [4.78, 5) is 13.2. The molecule has 0 amide bonds. The predicted molar refractivity (Wildman–Crippen MR) is 87.5 cm³/mol. The third-order valence-electron chi connectivity index (χ3n) is 4.19. The minimum Gasteiger partial charge on any atom is -0.367 e. The van der Waals surface area contributed by atoms with Gasteiger partial charge in [0, 0.05) is 31.4 Å². The Balaban J connectivity index is 1.54. The van der Waals surface area contributed by atoms with E-state index in [1.165, 1.54) is 6.20 Å². The number of piperidine rings is 1. The average Bonchev–Trinajstić information content (AvgIpc) is 3.24. The predicted octanol–water partition coefficient (Wildman–Crippen LogP) is 3.64. The molecule has 8 heteroatoms. The lowest BCUT2D eigenvalue weighted by molar-refractivity contribution is 0.402. The Bertz CT molecular complexity index is 848. The first-order valence-electron chi connectivity index (χ1n) is 7.74. The third kappa shape index (κ3) is 2.87. The van der Waals surface area contributed by atoms with Crippen LogP contribution in [0.25, 0.3) is 11.6 Å². The number of aromatic amines is 1. The second-order valence-corrected chi connectivity index (χ2v) is 6.22. The summed E-state index contributed by atoms with van der Waals surface area (Å²) in [6.45, 7) is 1.42. The average molecular weight is 348 g/mol. The molecule has 0 aliphatic carbocycles. The smallest absolute Gasteiger partial charge is 0.274 e. The number of hydrogen-bond acceptors (Lipinski definition) is 5. The lowest BCUT2D eigenvalue weighted by Crippen LogP contribution is -2.35. The summed E-state index contributed by atoms with van der Waals surface area (Å²) < 4.78 is 19.2. The van der Waals surface area contributed by atoms with Gasteiger partial charge in [-0.05, 0) is 31.0 Å². The van der Waals surface area contributed by atoms with Gasteiger partial charge in [-0.3, -0.25) is 0 Å². The molecule has 1 fully saturated rings. The maximum Gasteiger partial charge on any atom is 0.274 e. The van der Waals surface area contributed by atoms with Crippen molar-refractivity contribution in [1.82, 2.24) is 20.1 Å². The Labute approximate surface area is 142 Å². The molecule has 4 rings (SSSR count). The van der Waals surface area contributed by atoms with Crippen molar-refractivity contribution in [2.24, 2.45) is 0 Å². The first-order chi connectivity index (χ1) is 11.7. The largest absolute Gasteiger partial charge is 0.367 e. The highest BCUT2D eigenvalue weighted by molar-refractivity contribution is 6.30. The molecule has 0 saturated carbocycles. The highest BCUT2D eigenvalue weighted by atomic mass is 35.5. The molecule has 3 aromatic heterocycles. The number of anilines is 1. The van der Waals surface area contributed by atoms with Gasteiger partial charge in [0.05, 0.1) is 10.7 Å². The number of nitrogens with zero attached hydrogens (tertiary/aromatic N) is 4. The quantitative estimate of drug-likeness (QED) is 0.732. The van der Waals surface area contributed by atoms with Gasteiger partial charge in [-0.2, -0.15) is 9.37 Å².